The van der Waals surface area contributed by atoms with E-state index in [2.05, 4.69) is 0 Å². The molecule has 0 aromatic heterocycles. The predicted octanol–water partition coefficient (Wildman–Crippen LogP) is 0.709. The van der Waals surface area contributed by atoms with Crippen LogP contribution in [-0.2, 0) is 9.53 Å². The first-order valence-corrected chi connectivity index (χ1v) is 4.82. The maximum Gasteiger partial charge on any atom is 0.306 e. The van der Waals surface area contributed by atoms with Crippen LogP contribution in [0.4, 0.5) is 0 Å². The second-order valence-electron chi connectivity index (χ2n) is 4.36. The van der Waals surface area contributed by atoms with Gasteiger partial charge in [0.1, 0.15) is 5.60 Å². The van der Waals surface area contributed by atoms with Crippen LogP contribution in [0, 0.1) is 5.92 Å². The molecule has 0 unspecified atom stereocenters. The highest BCUT2D eigenvalue weighted by Crippen LogP contribution is 2.11. The zero-order valence-corrected chi connectivity index (χ0v) is 9.12. The quantitative estimate of drug-likeness (QED) is 0.647. The van der Waals surface area contributed by atoms with E-state index in [1.54, 1.807) is 20.8 Å². The Morgan fingerprint density at radius 1 is 1.29 bits per heavy atom. The highest BCUT2D eigenvalue weighted by atomic mass is 16.6. The van der Waals surface area contributed by atoms with Crippen molar-refractivity contribution in [2.75, 3.05) is 13.2 Å². The summed E-state index contributed by atoms with van der Waals surface area (Å²) in [4.78, 5) is 11.2. The molecule has 0 spiro atoms. The average molecular weight is 204 g/mol. The van der Waals surface area contributed by atoms with Gasteiger partial charge in [-0.05, 0) is 27.2 Å². The van der Waals surface area contributed by atoms with E-state index in [0.29, 0.717) is 6.42 Å². The number of carbonyl (C=O) groups excluding carboxylic acids is 1. The van der Waals surface area contributed by atoms with Gasteiger partial charge in [-0.1, -0.05) is 0 Å². The number of rotatable bonds is 5. The molecular weight excluding hydrogens is 184 g/mol. The standard InChI is InChI=1S/C10H20O4/c1-10(2,3)14-9(13)5-4-8(6-11)7-12/h8,11-12H,4-7H2,1-3H3. The second-order valence-corrected chi connectivity index (χ2v) is 4.36. The summed E-state index contributed by atoms with van der Waals surface area (Å²) < 4.78 is 5.07. The molecule has 84 valence electrons. The topological polar surface area (TPSA) is 66.8 Å². The third kappa shape index (κ3) is 6.86. The first kappa shape index (κ1) is 13.4. The van der Waals surface area contributed by atoms with Gasteiger partial charge in [-0.15, -0.1) is 0 Å². The highest BCUT2D eigenvalue weighted by Gasteiger charge is 2.17. The summed E-state index contributed by atoms with van der Waals surface area (Å²) >= 11 is 0. The Morgan fingerprint density at radius 2 is 1.79 bits per heavy atom. The predicted molar refractivity (Wildman–Crippen MR) is 52.7 cm³/mol. The van der Waals surface area contributed by atoms with E-state index < -0.39 is 5.60 Å². The first-order chi connectivity index (χ1) is 6.39. The van der Waals surface area contributed by atoms with Gasteiger partial charge in [0.15, 0.2) is 0 Å². The summed E-state index contributed by atoms with van der Waals surface area (Å²) in [5.74, 6) is -0.507. The fourth-order valence-corrected chi connectivity index (χ4v) is 0.955. The van der Waals surface area contributed by atoms with E-state index in [1.807, 2.05) is 0 Å². The molecule has 0 aliphatic rings. The van der Waals surface area contributed by atoms with E-state index in [-0.39, 0.29) is 31.5 Å². The fraction of sp³-hybridized carbons (Fsp3) is 0.900. The SMILES string of the molecule is CC(C)(C)OC(=O)CCC(CO)CO. The molecule has 0 aromatic rings. The lowest BCUT2D eigenvalue weighted by Crippen LogP contribution is -2.24. The van der Waals surface area contributed by atoms with Crippen molar-refractivity contribution in [3.05, 3.63) is 0 Å². The molecule has 0 amide bonds. The normalized spacial score (nSPS) is 11.9. The van der Waals surface area contributed by atoms with Crippen LogP contribution in [-0.4, -0.2) is 35.0 Å². The van der Waals surface area contributed by atoms with Crippen molar-refractivity contribution in [2.45, 2.75) is 39.2 Å². The summed E-state index contributed by atoms with van der Waals surface area (Å²) in [7, 11) is 0. The number of carbonyl (C=O) groups is 1. The lowest BCUT2D eigenvalue weighted by Gasteiger charge is -2.20. The molecule has 0 heterocycles. The summed E-state index contributed by atoms with van der Waals surface area (Å²) in [6.07, 6.45) is 0.699. The number of hydrogen-bond acceptors (Lipinski definition) is 4. The summed E-state index contributed by atoms with van der Waals surface area (Å²) in [5.41, 5.74) is -0.467. The first-order valence-electron chi connectivity index (χ1n) is 4.82. The van der Waals surface area contributed by atoms with Gasteiger partial charge in [0.2, 0.25) is 0 Å². The minimum absolute atomic E-state index is 0.0979. The smallest absolute Gasteiger partial charge is 0.306 e. The molecule has 4 nitrogen and oxygen atoms in total. The fourth-order valence-electron chi connectivity index (χ4n) is 0.955. The van der Waals surface area contributed by atoms with Gasteiger partial charge in [0, 0.05) is 25.6 Å². The van der Waals surface area contributed by atoms with Crippen LogP contribution >= 0.6 is 0 Å². The molecule has 14 heavy (non-hydrogen) atoms. The molecule has 0 aliphatic carbocycles. The van der Waals surface area contributed by atoms with Crippen molar-refractivity contribution in [2.24, 2.45) is 5.92 Å². The Bertz CT molecular complexity index is 167. The monoisotopic (exact) mass is 204 g/mol. The lowest BCUT2D eigenvalue weighted by molar-refractivity contribution is -0.155. The van der Waals surface area contributed by atoms with Crippen LogP contribution in [0.15, 0.2) is 0 Å². The van der Waals surface area contributed by atoms with Gasteiger partial charge in [-0.25, -0.2) is 0 Å². The Balaban J connectivity index is 3.74. The lowest BCUT2D eigenvalue weighted by atomic mass is 10.1. The van der Waals surface area contributed by atoms with Crippen molar-refractivity contribution >= 4 is 5.97 Å². The van der Waals surface area contributed by atoms with Gasteiger partial charge in [0.05, 0.1) is 0 Å². The van der Waals surface area contributed by atoms with Gasteiger partial charge in [-0.3, -0.25) is 4.79 Å². The Labute approximate surface area is 84.9 Å². The van der Waals surface area contributed by atoms with Crippen LogP contribution in [0.25, 0.3) is 0 Å². The number of aliphatic hydroxyl groups is 2. The van der Waals surface area contributed by atoms with E-state index in [1.165, 1.54) is 0 Å². The maximum atomic E-state index is 11.2. The van der Waals surface area contributed by atoms with Crippen LogP contribution in [0.5, 0.6) is 0 Å². The molecule has 0 rings (SSSR count). The summed E-state index contributed by atoms with van der Waals surface area (Å²) in [5, 5.41) is 17.5. The van der Waals surface area contributed by atoms with Gasteiger partial charge >= 0.3 is 5.97 Å². The highest BCUT2D eigenvalue weighted by molar-refractivity contribution is 5.69. The molecule has 0 bridgehead atoms. The van der Waals surface area contributed by atoms with Crippen molar-refractivity contribution in [3.63, 3.8) is 0 Å². The van der Waals surface area contributed by atoms with Crippen molar-refractivity contribution in [1.29, 1.82) is 0 Å². The number of esters is 1. The van der Waals surface area contributed by atoms with Crippen LogP contribution in [0.2, 0.25) is 0 Å². The molecule has 0 saturated carbocycles. The van der Waals surface area contributed by atoms with Crippen LogP contribution < -0.4 is 0 Å². The zero-order valence-electron chi connectivity index (χ0n) is 9.12. The molecule has 0 fully saturated rings. The van der Waals surface area contributed by atoms with Crippen LogP contribution in [0.1, 0.15) is 33.6 Å². The van der Waals surface area contributed by atoms with Crippen molar-refractivity contribution in [3.8, 4) is 0 Å². The molecule has 0 aliphatic heterocycles. The number of hydrogen-bond donors (Lipinski definition) is 2. The largest absolute Gasteiger partial charge is 0.460 e. The van der Waals surface area contributed by atoms with Gasteiger partial charge < -0.3 is 14.9 Å². The van der Waals surface area contributed by atoms with Gasteiger partial charge in [0.25, 0.3) is 0 Å². The zero-order chi connectivity index (χ0) is 11.2. The van der Waals surface area contributed by atoms with Crippen molar-refractivity contribution < 1.29 is 19.7 Å². The van der Waals surface area contributed by atoms with Crippen molar-refractivity contribution in [1.82, 2.24) is 0 Å². The number of ether oxygens (including phenoxy) is 1. The minimum Gasteiger partial charge on any atom is -0.460 e. The maximum absolute atomic E-state index is 11.2. The molecule has 0 aromatic carbocycles. The second kappa shape index (κ2) is 5.98. The summed E-state index contributed by atoms with van der Waals surface area (Å²) in [6, 6.07) is 0. The third-order valence-corrected chi connectivity index (χ3v) is 1.69. The molecule has 0 atom stereocenters. The third-order valence-electron chi connectivity index (χ3n) is 1.69. The van der Waals surface area contributed by atoms with E-state index >= 15 is 0 Å². The molecule has 2 N–H and O–H groups in total. The van der Waals surface area contributed by atoms with Crippen LogP contribution in [0.3, 0.4) is 0 Å². The molecule has 4 heteroatoms. The Kier molecular flexibility index (Phi) is 5.72. The average Bonchev–Trinajstić information content (AvgIpc) is 2.03. The van der Waals surface area contributed by atoms with Gasteiger partial charge in [-0.2, -0.15) is 0 Å². The van der Waals surface area contributed by atoms with E-state index in [4.69, 9.17) is 14.9 Å². The summed E-state index contributed by atoms with van der Waals surface area (Å²) in [6.45, 7) is 5.22. The molecule has 0 radical (unpaired) electrons. The Hall–Kier alpha value is -0.610. The molecule has 0 saturated heterocycles. The number of aliphatic hydroxyl groups excluding tert-OH is 2. The van der Waals surface area contributed by atoms with E-state index in [0.717, 1.165) is 0 Å². The molecular formula is C10H20O4. The Morgan fingerprint density at radius 3 is 2.14 bits per heavy atom. The minimum atomic E-state index is -0.467. The van der Waals surface area contributed by atoms with E-state index in [9.17, 15) is 4.79 Å².